The maximum absolute atomic E-state index is 11.7. The summed E-state index contributed by atoms with van der Waals surface area (Å²) in [5, 5.41) is 2.40. The van der Waals surface area contributed by atoms with Crippen LogP contribution < -0.4 is 16.5 Å². The smallest absolute Gasteiger partial charge is 0.312 e. The topological polar surface area (TPSA) is 93.4 Å². The fraction of sp³-hybridized carbons (Fsp3) is 0.818. The molecule has 0 aliphatic carbocycles. The van der Waals surface area contributed by atoms with Crippen molar-refractivity contribution in [2.75, 3.05) is 6.61 Å². The lowest BCUT2D eigenvalue weighted by Gasteiger charge is -2.19. The standard InChI is InChI=1S/C11H23N3O3/c1-7(2)5-9(13-11(12)16)10(15)14-17-6-8(3)4/h7-9H,5-6H2,1-4H3,(H,14,15)(H3,12,13,16). The number of nitrogens with one attached hydrogen (secondary N) is 2. The summed E-state index contributed by atoms with van der Waals surface area (Å²) in [6.07, 6.45) is 0.514. The zero-order chi connectivity index (χ0) is 13.4. The minimum absolute atomic E-state index is 0.266. The molecule has 0 heterocycles. The molecule has 0 saturated heterocycles. The second kappa shape index (κ2) is 7.89. The predicted octanol–water partition coefficient (Wildman–Crippen LogP) is 0.773. The number of carbonyl (C=O) groups excluding carboxylic acids is 2. The van der Waals surface area contributed by atoms with Gasteiger partial charge in [0.15, 0.2) is 0 Å². The maximum Gasteiger partial charge on any atom is 0.312 e. The summed E-state index contributed by atoms with van der Waals surface area (Å²) in [4.78, 5) is 27.5. The molecule has 6 nitrogen and oxygen atoms in total. The van der Waals surface area contributed by atoms with Crippen molar-refractivity contribution in [1.29, 1.82) is 0 Å². The predicted molar refractivity (Wildman–Crippen MR) is 64.9 cm³/mol. The van der Waals surface area contributed by atoms with Gasteiger partial charge in [-0.2, -0.15) is 0 Å². The maximum atomic E-state index is 11.7. The van der Waals surface area contributed by atoms with E-state index in [-0.39, 0.29) is 11.8 Å². The van der Waals surface area contributed by atoms with E-state index in [1.807, 2.05) is 27.7 Å². The summed E-state index contributed by atoms with van der Waals surface area (Å²) < 4.78 is 0. The molecule has 0 aliphatic rings. The lowest BCUT2D eigenvalue weighted by Crippen LogP contribution is -2.49. The lowest BCUT2D eigenvalue weighted by atomic mass is 10.0. The molecule has 100 valence electrons. The van der Waals surface area contributed by atoms with E-state index in [0.29, 0.717) is 18.9 Å². The third kappa shape index (κ3) is 8.50. The lowest BCUT2D eigenvalue weighted by molar-refractivity contribution is -0.136. The van der Waals surface area contributed by atoms with Crippen molar-refractivity contribution in [2.45, 2.75) is 40.2 Å². The molecule has 0 aliphatic heterocycles. The number of hydrogen-bond donors (Lipinski definition) is 3. The van der Waals surface area contributed by atoms with Gasteiger partial charge in [0.05, 0.1) is 6.61 Å². The Morgan fingerprint density at radius 1 is 1.18 bits per heavy atom. The first-order chi connectivity index (χ1) is 7.82. The van der Waals surface area contributed by atoms with Gasteiger partial charge in [-0.05, 0) is 18.3 Å². The van der Waals surface area contributed by atoms with Gasteiger partial charge < -0.3 is 11.1 Å². The Kier molecular flexibility index (Phi) is 7.29. The first-order valence-electron chi connectivity index (χ1n) is 5.80. The highest BCUT2D eigenvalue weighted by molar-refractivity contribution is 5.85. The van der Waals surface area contributed by atoms with Gasteiger partial charge in [-0.3, -0.25) is 9.63 Å². The minimum Gasteiger partial charge on any atom is -0.352 e. The quantitative estimate of drug-likeness (QED) is 0.578. The summed E-state index contributed by atoms with van der Waals surface area (Å²) in [5.74, 6) is 0.212. The summed E-state index contributed by atoms with van der Waals surface area (Å²) in [6, 6.07) is -1.37. The van der Waals surface area contributed by atoms with Crippen molar-refractivity contribution in [3.05, 3.63) is 0 Å². The van der Waals surface area contributed by atoms with Crippen molar-refractivity contribution in [3.63, 3.8) is 0 Å². The number of rotatable bonds is 7. The van der Waals surface area contributed by atoms with Gasteiger partial charge >= 0.3 is 6.03 Å². The zero-order valence-electron chi connectivity index (χ0n) is 10.9. The monoisotopic (exact) mass is 245 g/mol. The Labute approximate surface area is 102 Å². The molecule has 0 aromatic carbocycles. The number of hydroxylamine groups is 1. The van der Waals surface area contributed by atoms with Crippen LogP contribution >= 0.6 is 0 Å². The van der Waals surface area contributed by atoms with Crippen LogP contribution in [-0.2, 0) is 9.63 Å². The van der Waals surface area contributed by atoms with Gasteiger partial charge in [0.25, 0.3) is 5.91 Å². The molecular weight excluding hydrogens is 222 g/mol. The number of nitrogens with two attached hydrogens (primary N) is 1. The highest BCUT2D eigenvalue weighted by atomic mass is 16.7. The van der Waals surface area contributed by atoms with Gasteiger partial charge in [0, 0.05) is 0 Å². The van der Waals surface area contributed by atoms with Gasteiger partial charge in [0.2, 0.25) is 0 Å². The molecule has 0 bridgehead atoms. The van der Waals surface area contributed by atoms with Crippen molar-refractivity contribution in [1.82, 2.24) is 10.8 Å². The zero-order valence-corrected chi connectivity index (χ0v) is 10.9. The first kappa shape index (κ1) is 15.7. The molecule has 3 amide bonds. The molecule has 0 aromatic heterocycles. The van der Waals surface area contributed by atoms with Crippen LogP contribution in [0.15, 0.2) is 0 Å². The summed E-state index contributed by atoms with van der Waals surface area (Å²) >= 11 is 0. The average molecular weight is 245 g/mol. The Morgan fingerprint density at radius 3 is 2.18 bits per heavy atom. The molecule has 1 atom stereocenters. The van der Waals surface area contributed by atoms with Gasteiger partial charge in [-0.15, -0.1) is 0 Å². The molecule has 1 unspecified atom stereocenters. The largest absolute Gasteiger partial charge is 0.352 e. The van der Waals surface area contributed by atoms with Crippen LogP contribution in [0.3, 0.4) is 0 Å². The molecule has 17 heavy (non-hydrogen) atoms. The third-order valence-electron chi connectivity index (χ3n) is 1.93. The second-order valence-corrected chi connectivity index (χ2v) is 4.86. The van der Waals surface area contributed by atoms with Crippen molar-refractivity contribution >= 4 is 11.9 Å². The Hall–Kier alpha value is -1.30. The van der Waals surface area contributed by atoms with Crippen LogP contribution in [0, 0.1) is 11.8 Å². The third-order valence-corrected chi connectivity index (χ3v) is 1.93. The first-order valence-corrected chi connectivity index (χ1v) is 5.80. The van der Waals surface area contributed by atoms with Crippen LogP contribution in [-0.4, -0.2) is 24.6 Å². The Balaban J connectivity index is 4.17. The molecular formula is C11H23N3O3. The SMILES string of the molecule is CC(C)CONC(=O)C(CC(C)C)NC(N)=O. The van der Waals surface area contributed by atoms with Crippen LogP contribution in [0.25, 0.3) is 0 Å². The molecule has 0 spiro atoms. The van der Waals surface area contributed by atoms with E-state index in [1.165, 1.54) is 0 Å². The van der Waals surface area contributed by atoms with Gasteiger partial charge in [-0.1, -0.05) is 27.7 Å². The van der Waals surface area contributed by atoms with E-state index < -0.39 is 12.1 Å². The number of amides is 3. The fourth-order valence-corrected chi connectivity index (χ4v) is 1.23. The fourth-order valence-electron chi connectivity index (χ4n) is 1.23. The summed E-state index contributed by atoms with van der Waals surface area (Å²) in [7, 11) is 0. The van der Waals surface area contributed by atoms with Crippen LogP contribution in [0.5, 0.6) is 0 Å². The number of primary amides is 1. The molecule has 6 heteroatoms. The Bertz CT molecular complexity index is 254. The molecule has 0 rings (SSSR count). The normalized spacial score (nSPS) is 12.6. The average Bonchev–Trinajstić information content (AvgIpc) is 2.14. The highest BCUT2D eigenvalue weighted by Crippen LogP contribution is 2.05. The van der Waals surface area contributed by atoms with E-state index >= 15 is 0 Å². The summed E-state index contributed by atoms with van der Waals surface area (Å²) in [6.45, 7) is 8.28. The van der Waals surface area contributed by atoms with Crippen LogP contribution in [0.4, 0.5) is 4.79 Å². The van der Waals surface area contributed by atoms with Gasteiger partial charge in [0.1, 0.15) is 6.04 Å². The van der Waals surface area contributed by atoms with E-state index in [2.05, 4.69) is 10.8 Å². The minimum atomic E-state index is -0.713. The molecule has 0 saturated carbocycles. The summed E-state index contributed by atoms with van der Waals surface area (Å²) in [5.41, 5.74) is 7.33. The molecule has 0 aromatic rings. The van der Waals surface area contributed by atoms with Crippen LogP contribution in [0.2, 0.25) is 0 Å². The van der Waals surface area contributed by atoms with E-state index in [1.54, 1.807) is 0 Å². The number of hydrogen-bond acceptors (Lipinski definition) is 3. The van der Waals surface area contributed by atoms with E-state index in [4.69, 9.17) is 10.6 Å². The highest BCUT2D eigenvalue weighted by Gasteiger charge is 2.21. The number of urea groups is 1. The molecule has 0 fully saturated rings. The number of carbonyl (C=O) groups is 2. The van der Waals surface area contributed by atoms with Crippen LogP contribution in [0.1, 0.15) is 34.1 Å². The van der Waals surface area contributed by atoms with E-state index in [0.717, 1.165) is 0 Å². The van der Waals surface area contributed by atoms with Crippen molar-refractivity contribution in [3.8, 4) is 0 Å². The van der Waals surface area contributed by atoms with Gasteiger partial charge in [-0.25, -0.2) is 10.3 Å². The van der Waals surface area contributed by atoms with Crippen molar-refractivity contribution < 1.29 is 14.4 Å². The van der Waals surface area contributed by atoms with Crippen molar-refractivity contribution in [2.24, 2.45) is 17.6 Å². The molecule has 4 N–H and O–H groups in total. The molecule has 0 radical (unpaired) electrons. The Morgan fingerprint density at radius 2 is 1.76 bits per heavy atom. The second-order valence-electron chi connectivity index (χ2n) is 4.86. The van der Waals surface area contributed by atoms with E-state index in [9.17, 15) is 9.59 Å².